The van der Waals surface area contributed by atoms with Crippen LogP contribution in [0.1, 0.15) is 11.1 Å². The van der Waals surface area contributed by atoms with Gasteiger partial charge in [-0.2, -0.15) is 0 Å². The standard InChI is InChI=1S/C21H19ClN4O3/c1-25(17(27)11-10-14-8-5-9-16(22)12-14)18-19(23)26(21(29)24-20(18)28)13-15-6-3-2-4-7-15/h2-12H,13,23H2,1H3,(H,24,28,29). The van der Waals surface area contributed by atoms with Gasteiger partial charge in [-0.3, -0.25) is 19.1 Å². The zero-order valence-electron chi connectivity index (χ0n) is 15.6. The van der Waals surface area contributed by atoms with E-state index in [4.69, 9.17) is 17.3 Å². The second-order valence-corrected chi connectivity index (χ2v) is 6.79. The van der Waals surface area contributed by atoms with Crippen LogP contribution < -0.4 is 21.9 Å². The molecule has 1 amide bonds. The molecule has 0 fully saturated rings. The van der Waals surface area contributed by atoms with Crippen LogP contribution in [0.15, 0.2) is 70.3 Å². The van der Waals surface area contributed by atoms with Crippen molar-refractivity contribution in [1.82, 2.24) is 9.55 Å². The number of benzene rings is 2. The van der Waals surface area contributed by atoms with Crippen LogP contribution in [0.3, 0.4) is 0 Å². The lowest BCUT2D eigenvalue weighted by Gasteiger charge is -2.19. The molecule has 8 heteroatoms. The van der Waals surface area contributed by atoms with Gasteiger partial charge >= 0.3 is 5.69 Å². The molecule has 0 unspecified atom stereocenters. The number of nitrogens with zero attached hydrogens (tertiary/aromatic N) is 2. The van der Waals surface area contributed by atoms with Crippen molar-refractivity contribution in [3.05, 3.63) is 97.7 Å². The lowest BCUT2D eigenvalue weighted by molar-refractivity contribution is -0.113. The molecule has 0 atom stereocenters. The molecule has 0 spiro atoms. The predicted molar refractivity (Wildman–Crippen MR) is 115 cm³/mol. The Kier molecular flexibility index (Phi) is 5.99. The summed E-state index contributed by atoms with van der Waals surface area (Å²) in [5.74, 6) is -0.568. The van der Waals surface area contributed by atoms with Crippen molar-refractivity contribution in [3.63, 3.8) is 0 Å². The summed E-state index contributed by atoms with van der Waals surface area (Å²) in [6.07, 6.45) is 2.88. The molecule has 0 saturated carbocycles. The van der Waals surface area contributed by atoms with Crippen molar-refractivity contribution in [1.29, 1.82) is 0 Å². The fourth-order valence-corrected chi connectivity index (χ4v) is 3.02. The fraction of sp³-hybridized carbons (Fsp3) is 0.0952. The Morgan fingerprint density at radius 2 is 1.90 bits per heavy atom. The number of hydrogen-bond acceptors (Lipinski definition) is 4. The van der Waals surface area contributed by atoms with Gasteiger partial charge in [0.1, 0.15) is 5.82 Å². The molecule has 0 bridgehead atoms. The third-order valence-electron chi connectivity index (χ3n) is 4.33. The van der Waals surface area contributed by atoms with E-state index in [1.54, 1.807) is 30.3 Å². The van der Waals surface area contributed by atoms with Gasteiger partial charge in [0, 0.05) is 18.1 Å². The second kappa shape index (κ2) is 8.62. The largest absolute Gasteiger partial charge is 0.383 e. The van der Waals surface area contributed by atoms with Crippen LogP contribution in [0.2, 0.25) is 5.02 Å². The van der Waals surface area contributed by atoms with Crippen molar-refractivity contribution < 1.29 is 4.79 Å². The molecule has 0 aliphatic carbocycles. The molecule has 7 nitrogen and oxygen atoms in total. The molecule has 29 heavy (non-hydrogen) atoms. The molecule has 0 radical (unpaired) electrons. The Morgan fingerprint density at radius 1 is 1.17 bits per heavy atom. The number of nitrogen functional groups attached to an aromatic ring is 1. The van der Waals surface area contributed by atoms with Gasteiger partial charge in [0.15, 0.2) is 5.69 Å². The lowest BCUT2D eigenvalue weighted by atomic mass is 10.2. The highest BCUT2D eigenvalue weighted by Crippen LogP contribution is 2.17. The highest BCUT2D eigenvalue weighted by atomic mass is 35.5. The van der Waals surface area contributed by atoms with Crippen molar-refractivity contribution >= 4 is 35.1 Å². The quantitative estimate of drug-likeness (QED) is 0.631. The van der Waals surface area contributed by atoms with Gasteiger partial charge in [0.25, 0.3) is 11.5 Å². The molecule has 3 rings (SSSR count). The molecule has 148 valence electrons. The van der Waals surface area contributed by atoms with Crippen molar-refractivity contribution in [2.75, 3.05) is 17.7 Å². The van der Waals surface area contributed by atoms with Gasteiger partial charge in [-0.15, -0.1) is 0 Å². The van der Waals surface area contributed by atoms with E-state index in [1.807, 2.05) is 30.3 Å². The number of H-pyrrole nitrogens is 1. The number of amides is 1. The predicted octanol–water partition coefficient (Wildman–Crippen LogP) is 2.50. The molecule has 0 aliphatic heterocycles. The van der Waals surface area contributed by atoms with Crippen molar-refractivity contribution in [3.8, 4) is 0 Å². The van der Waals surface area contributed by atoms with Crippen molar-refractivity contribution in [2.45, 2.75) is 6.54 Å². The summed E-state index contributed by atoms with van der Waals surface area (Å²) in [5.41, 5.74) is 6.19. The van der Waals surface area contributed by atoms with Crippen LogP contribution in [0.4, 0.5) is 11.5 Å². The number of nitrogens with one attached hydrogen (secondary N) is 1. The number of hydrogen-bond donors (Lipinski definition) is 2. The Morgan fingerprint density at radius 3 is 2.59 bits per heavy atom. The minimum atomic E-state index is -0.733. The van der Waals surface area contributed by atoms with E-state index in [-0.39, 0.29) is 18.1 Å². The maximum Gasteiger partial charge on any atom is 0.330 e. The minimum absolute atomic E-state index is 0.0883. The van der Waals surface area contributed by atoms with Crippen LogP contribution in [-0.4, -0.2) is 22.5 Å². The van der Waals surface area contributed by atoms with E-state index < -0.39 is 17.2 Å². The average molecular weight is 411 g/mol. The summed E-state index contributed by atoms with van der Waals surface area (Å²) in [6.45, 7) is 0.162. The van der Waals surface area contributed by atoms with Gasteiger partial charge in [-0.25, -0.2) is 4.79 Å². The van der Waals surface area contributed by atoms with Crippen LogP contribution in [0.5, 0.6) is 0 Å². The Bertz CT molecular complexity index is 1180. The van der Waals surface area contributed by atoms with Gasteiger partial charge in [0.2, 0.25) is 0 Å². The molecule has 1 heterocycles. The number of nitrogens with two attached hydrogens (primary N) is 1. The first-order valence-corrected chi connectivity index (χ1v) is 9.12. The molecule has 1 aromatic heterocycles. The maximum atomic E-state index is 12.6. The molecule has 3 N–H and O–H groups in total. The number of rotatable bonds is 5. The number of anilines is 2. The Labute approximate surface area is 171 Å². The maximum absolute atomic E-state index is 12.6. The third kappa shape index (κ3) is 4.64. The summed E-state index contributed by atoms with van der Waals surface area (Å²) in [5, 5.41) is 0.543. The van der Waals surface area contributed by atoms with Gasteiger partial charge < -0.3 is 10.6 Å². The van der Waals surface area contributed by atoms with Gasteiger partial charge in [0.05, 0.1) is 6.54 Å². The van der Waals surface area contributed by atoms with E-state index in [0.29, 0.717) is 5.02 Å². The molecule has 3 aromatic rings. The minimum Gasteiger partial charge on any atom is -0.383 e. The summed E-state index contributed by atoms with van der Waals surface area (Å²) >= 11 is 5.94. The first-order valence-electron chi connectivity index (χ1n) is 8.74. The number of carbonyl (C=O) groups is 1. The van der Waals surface area contributed by atoms with E-state index in [0.717, 1.165) is 16.0 Å². The number of aromatic amines is 1. The summed E-state index contributed by atoms with van der Waals surface area (Å²) in [4.78, 5) is 40.5. The van der Waals surface area contributed by atoms with E-state index >= 15 is 0 Å². The smallest absolute Gasteiger partial charge is 0.330 e. The molecule has 0 saturated heterocycles. The second-order valence-electron chi connectivity index (χ2n) is 6.35. The van der Waals surface area contributed by atoms with Crippen LogP contribution in [0, 0.1) is 0 Å². The fourth-order valence-electron chi connectivity index (χ4n) is 2.82. The molecule has 0 aliphatic rings. The lowest BCUT2D eigenvalue weighted by Crippen LogP contribution is -2.39. The van der Waals surface area contributed by atoms with Crippen LogP contribution in [0.25, 0.3) is 6.08 Å². The van der Waals surface area contributed by atoms with E-state index in [1.165, 1.54) is 17.7 Å². The normalized spacial score (nSPS) is 11.0. The summed E-state index contributed by atoms with van der Waals surface area (Å²) in [6, 6.07) is 16.2. The van der Waals surface area contributed by atoms with Gasteiger partial charge in [-0.1, -0.05) is 54.1 Å². The molecular formula is C21H19ClN4O3. The first kappa shape index (κ1) is 20.2. The zero-order valence-corrected chi connectivity index (χ0v) is 16.4. The van der Waals surface area contributed by atoms with E-state index in [2.05, 4.69) is 4.98 Å². The number of aromatic nitrogens is 2. The van der Waals surface area contributed by atoms with Gasteiger partial charge in [-0.05, 0) is 29.3 Å². The topological polar surface area (TPSA) is 101 Å². The average Bonchev–Trinajstić information content (AvgIpc) is 2.70. The number of likely N-dealkylation sites (N-methyl/N-ethyl adjacent to an activating group) is 1. The monoisotopic (exact) mass is 410 g/mol. The summed E-state index contributed by atoms with van der Waals surface area (Å²) in [7, 11) is 1.42. The highest BCUT2D eigenvalue weighted by Gasteiger charge is 2.19. The molecule has 2 aromatic carbocycles. The summed E-state index contributed by atoms with van der Waals surface area (Å²) < 4.78 is 1.22. The van der Waals surface area contributed by atoms with Crippen molar-refractivity contribution in [2.24, 2.45) is 0 Å². The van der Waals surface area contributed by atoms with Crippen LogP contribution >= 0.6 is 11.6 Å². The highest BCUT2D eigenvalue weighted by molar-refractivity contribution is 6.30. The number of halogens is 1. The SMILES string of the molecule is CN(C(=O)C=Cc1cccc(Cl)c1)c1c(N)n(Cc2ccccc2)c(=O)[nH]c1=O. The zero-order chi connectivity index (χ0) is 21.0. The van der Waals surface area contributed by atoms with E-state index in [9.17, 15) is 14.4 Å². The first-order chi connectivity index (χ1) is 13.9. The van der Waals surface area contributed by atoms with Crippen LogP contribution in [-0.2, 0) is 11.3 Å². The Balaban J connectivity index is 1.92. The third-order valence-corrected chi connectivity index (χ3v) is 4.57. The Hall–Kier alpha value is -3.58. The number of carbonyl (C=O) groups excluding carboxylic acids is 1. The molecular weight excluding hydrogens is 392 g/mol.